The lowest BCUT2D eigenvalue weighted by Crippen LogP contribution is -2.00. The van der Waals surface area contributed by atoms with Gasteiger partial charge in [-0.3, -0.25) is 5.10 Å². The summed E-state index contributed by atoms with van der Waals surface area (Å²) in [5, 5.41) is 17.0. The van der Waals surface area contributed by atoms with Crippen molar-refractivity contribution >= 4 is 11.8 Å². The maximum atomic E-state index is 9.84. The van der Waals surface area contributed by atoms with Gasteiger partial charge in [0.15, 0.2) is 5.16 Å². The number of nitrogens with zero attached hydrogens (tertiary/aromatic N) is 2. The van der Waals surface area contributed by atoms with E-state index < -0.39 is 6.10 Å². The van der Waals surface area contributed by atoms with Crippen molar-refractivity contribution in [2.24, 2.45) is 0 Å². The van der Waals surface area contributed by atoms with Crippen molar-refractivity contribution < 1.29 is 5.11 Å². The number of thioether (sulfide) groups is 1. The molecule has 1 aromatic heterocycles. The number of benzene rings is 1. The standard InChI is InChI=1S/C10H11N3OS/c14-9(8-4-2-1-3-5-8)6-15-10-11-7-12-13-10/h1-5,7,9,14H,6H2,(H,11,12,13)/t9-/m0/s1. The van der Waals surface area contributed by atoms with Gasteiger partial charge in [-0.25, -0.2) is 4.98 Å². The lowest BCUT2D eigenvalue weighted by Gasteiger charge is -2.08. The lowest BCUT2D eigenvalue weighted by atomic mass is 10.1. The highest BCUT2D eigenvalue weighted by molar-refractivity contribution is 7.99. The molecule has 0 saturated heterocycles. The minimum atomic E-state index is -0.471. The third-order valence-electron chi connectivity index (χ3n) is 1.96. The number of aromatic amines is 1. The molecule has 0 amide bonds. The van der Waals surface area contributed by atoms with Gasteiger partial charge in [0.05, 0.1) is 6.10 Å². The van der Waals surface area contributed by atoms with E-state index in [4.69, 9.17) is 0 Å². The van der Waals surface area contributed by atoms with Gasteiger partial charge in [-0.05, 0) is 5.56 Å². The first-order chi connectivity index (χ1) is 7.36. The number of aliphatic hydroxyl groups is 1. The van der Waals surface area contributed by atoms with Gasteiger partial charge in [0.2, 0.25) is 0 Å². The van der Waals surface area contributed by atoms with E-state index >= 15 is 0 Å². The number of rotatable bonds is 4. The SMILES string of the molecule is O[C@@H](CSc1ncn[nH]1)c1ccccc1. The number of H-pyrrole nitrogens is 1. The molecule has 0 spiro atoms. The van der Waals surface area contributed by atoms with E-state index in [1.807, 2.05) is 30.3 Å². The van der Waals surface area contributed by atoms with Crippen molar-refractivity contribution in [3.63, 3.8) is 0 Å². The first-order valence-corrected chi connectivity index (χ1v) is 5.56. The summed E-state index contributed by atoms with van der Waals surface area (Å²) in [6, 6.07) is 9.58. The van der Waals surface area contributed by atoms with E-state index in [0.29, 0.717) is 5.75 Å². The smallest absolute Gasteiger partial charge is 0.183 e. The average Bonchev–Trinajstić information content (AvgIpc) is 2.80. The summed E-state index contributed by atoms with van der Waals surface area (Å²) in [5.41, 5.74) is 0.921. The molecule has 2 aromatic rings. The van der Waals surface area contributed by atoms with Crippen LogP contribution in [0, 0.1) is 0 Å². The molecule has 4 nitrogen and oxygen atoms in total. The van der Waals surface area contributed by atoms with Crippen LogP contribution in [0.2, 0.25) is 0 Å². The van der Waals surface area contributed by atoms with Gasteiger partial charge >= 0.3 is 0 Å². The average molecular weight is 221 g/mol. The van der Waals surface area contributed by atoms with Crippen LogP contribution in [0.4, 0.5) is 0 Å². The third kappa shape index (κ3) is 2.81. The Kier molecular flexibility index (Phi) is 3.37. The maximum Gasteiger partial charge on any atom is 0.183 e. The van der Waals surface area contributed by atoms with Crippen LogP contribution in [-0.4, -0.2) is 26.0 Å². The molecule has 0 unspecified atom stereocenters. The highest BCUT2D eigenvalue weighted by Crippen LogP contribution is 2.21. The Bertz CT molecular complexity index is 390. The Morgan fingerprint density at radius 1 is 1.33 bits per heavy atom. The Morgan fingerprint density at radius 2 is 2.13 bits per heavy atom. The second-order valence-electron chi connectivity index (χ2n) is 3.03. The summed E-state index contributed by atoms with van der Waals surface area (Å²) < 4.78 is 0. The summed E-state index contributed by atoms with van der Waals surface area (Å²) in [6.07, 6.45) is 0.985. The summed E-state index contributed by atoms with van der Waals surface area (Å²) in [7, 11) is 0. The molecule has 78 valence electrons. The molecule has 0 aliphatic heterocycles. The predicted octanol–water partition coefficient (Wildman–Crippen LogP) is 1.63. The lowest BCUT2D eigenvalue weighted by molar-refractivity contribution is 0.204. The van der Waals surface area contributed by atoms with Crippen molar-refractivity contribution in [3.05, 3.63) is 42.2 Å². The minimum Gasteiger partial charge on any atom is -0.388 e. The molecule has 1 atom stereocenters. The molecule has 2 N–H and O–H groups in total. The predicted molar refractivity (Wildman–Crippen MR) is 58.5 cm³/mol. The van der Waals surface area contributed by atoms with E-state index in [0.717, 1.165) is 10.7 Å². The molecular weight excluding hydrogens is 210 g/mol. The van der Waals surface area contributed by atoms with Crippen molar-refractivity contribution in [1.82, 2.24) is 15.2 Å². The molecule has 1 aromatic carbocycles. The molecule has 1 heterocycles. The summed E-state index contributed by atoms with van der Waals surface area (Å²) >= 11 is 1.45. The van der Waals surface area contributed by atoms with Crippen molar-refractivity contribution in [2.75, 3.05) is 5.75 Å². The van der Waals surface area contributed by atoms with Gasteiger partial charge in [-0.2, -0.15) is 5.10 Å². The maximum absolute atomic E-state index is 9.84. The monoisotopic (exact) mass is 221 g/mol. The number of hydrogen-bond donors (Lipinski definition) is 2. The van der Waals surface area contributed by atoms with Gasteiger partial charge in [-0.15, -0.1) is 0 Å². The van der Waals surface area contributed by atoms with Crippen LogP contribution in [0.15, 0.2) is 41.8 Å². The van der Waals surface area contributed by atoms with Crippen LogP contribution in [0.25, 0.3) is 0 Å². The van der Waals surface area contributed by atoms with Gasteiger partial charge in [0.25, 0.3) is 0 Å². The van der Waals surface area contributed by atoms with Crippen LogP contribution >= 0.6 is 11.8 Å². The summed E-state index contributed by atoms with van der Waals surface area (Å²) in [5.74, 6) is 0.569. The molecular formula is C10H11N3OS. The molecule has 0 radical (unpaired) electrons. The molecule has 0 saturated carbocycles. The van der Waals surface area contributed by atoms with Crippen LogP contribution in [0.5, 0.6) is 0 Å². The molecule has 0 aliphatic rings. The molecule has 0 bridgehead atoms. The molecule has 15 heavy (non-hydrogen) atoms. The second-order valence-corrected chi connectivity index (χ2v) is 4.04. The summed E-state index contributed by atoms with van der Waals surface area (Å²) in [4.78, 5) is 3.97. The topological polar surface area (TPSA) is 61.8 Å². The van der Waals surface area contributed by atoms with E-state index in [1.54, 1.807) is 0 Å². The normalized spacial score (nSPS) is 12.6. The van der Waals surface area contributed by atoms with Crippen molar-refractivity contribution in [3.8, 4) is 0 Å². The number of hydrogen-bond acceptors (Lipinski definition) is 4. The first-order valence-electron chi connectivity index (χ1n) is 4.57. The van der Waals surface area contributed by atoms with Crippen LogP contribution in [-0.2, 0) is 0 Å². The summed E-state index contributed by atoms with van der Waals surface area (Å²) in [6.45, 7) is 0. The number of aliphatic hydroxyl groups excluding tert-OH is 1. The largest absolute Gasteiger partial charge is 0.388 e. The van der Waals surface area contributed by atoms with Gasteiger partial charge < -0.3 is 5.11 Å². The van der Waals surface area contributed by atoms with E-state index in [9.17, 15) is 5.11 Å². The van der Waals surface area contributed by atoms with Crippen LogP contribution in [0.3, 0.4) is 0 Å². The molecule has 0 fully saturated rings. The first kappa shape index (κ1) is 10.2. The zero-order valence-electron chi connectivity index (χ0n) is 8.00. The van der Waals surface area contributed by atoms with E-state index in [-0.39, 0.29) is 0 Å². The Labute approximate surface area is 91.8 Å². The van der Waals surface area contributed by atoms with Gasteiger partial charge in [0.1, 0.15) is 6.33 Å². The fourth-order valence-electron chi connectivity index (χ4n) is 1.19. The fourth-order valence-corrected chi connectivity index (χ4v) is 1.94. The number of aromatic nitrogens is 3. The second kappa shape index (κ2) is 4.95. The Balaban J connectivity index is 1.90. The van der Waals surface area contributed by atoms with Crippen molar-refractivity contribution in [1.29, 1.82) is 0 Å². The molecule has 2 rings (SSSR count). The van der Waals surface area contributed by atoms with Gasteiger partial charge in [-0.1, -0.05) is 42.1 Å². The Hall–Kier alpha value is -1.33. The molecule has 5 heteroatoms. The van der Waals surface area contributed by atoms with Gasteiger partial charge in [0, 0.05) is 5.75 Å². The zero-order chi connectivity index (χ0) is 10.5. The minimum absolute atomic E-state index is 0.471. The number of nitrogens with one attached hydrogen (secondary N) is 1. The fraction of sp³-hybridized carbons (Fsp3) is 0.200. The zero-order valence-corrected chi connectivity index (χ0v) is 8.81. The van der Waals surface area contributed by atoms with E-state index in [1.165, 1.54) is 18.1 Å². The molecule has 0 aliphatic carbocycles. The third-order valence-corrected chi connectivity index (χ3v) is 2.91. The Morgan fingerprint density at radius 3 is 2.80 bits per heavy atom. The van der Waals surface area contributed by atoms with E-state index in [2.05, 4.69) is 15.2 Å². The van der Waals surface area contributed by atoms with Crippen LogP contribution < -0.4 is 0 Å². The quantitative estimate of drug-likeness (QED) is 0.770. The highest BCUT2D eigenvalue weighted by Gasteiger charge is 2.08. The highest BCUT2D eigenvalue weighted by atomic mass is 32.2. The van der Waals surface area contributed by atoms with Crippen molar-refractivity contribution in [2.45, 2.75) is 11.3 Å². The van der Waals surface area contributed by atoms with Crippen LogP contribution in [0.1, 0.15) is 11.7 Å².